The third-order valence-electron chi connectivity index (χ3n) is 3.51. The zero-order valence-corrected chi connectivity index (χ0v) is 11.3. The van der Waals surface area contributed by atoms with E-state index >= 15 is 0 Å². The van der Waals surface area contributed by atoms with Crippen molar-refractivity contribution in [2.24, 2.45) is 11.8 Å². The van der Waals surface area contributed by atoms with Crippen LogP contribution in [0.15, 0.2) is 10.5 Å². The first-order valence-electron chi connectivity index (χ1n) is 6.03. The van der Waals surface area contributed by atoms with Crippen molar-refractivity contribution in [3.63, 3.8) is 0 Å². The number of allylic oxidation sites excluding steroid dienone is 1. The summed E-state index contributed by atoms with van der Waals surface area (Å²) >= 11 is 0. The van der Waals surface area contributed by atoms with Crippen LogP contribution in [0.2, 0.25) is 0 Å². The number of ketones is 1. The average molecular weight is 285 g/mol. The first kappa shape index (κ1) is 13.9. The fourth-order valence-corrected chi connectivity index (χ4v) is 4.02. The van der Waals surface area contributed by atoms with E-state index in [2.05, 4.69) is 5.32 Å². The van der Waals surface area contributed by atoms with Gasteiger partial charge >= 0.3 is 5.97 Å². The quantitative estimate of drug-likeness (QED) is 0.729. The molecule has 1 amide bonds. The van der Waals surface area contributed by atoms with Gasteiger partial charge in [0.15, 0.2) is 0 Å². The highest BCUT2D eigenvalue weighted by molar-refractivity contribution is 7.89. The summed E-state index contributed by atoms with van der Waals surface area (Å²) in [7, 11) is -1.45. The predicted octanol–water partition coefficient (Wildman–Crippen LogP) is -0.181. The molecular weight excluding hydrogens is 270 g/mol. The number of hydrogen-bond donors (Lipinski definition) is 2. The first-order chi connectivity index (χ1) is 8.91. The smallest absolute Gasteiger partial charge is 0.333 e. The lowest BCUT2D eigenvalue weighted by molar-refractivity contribution is -0.138. The Morgan fingerprint density at radius 3 is 2.63 bits per heavy atom. The van der Waals surface area contributed by atoms with E-state index in [9.17, 15) is 23.7 Å². The highest BCUT2D eigenvalue weighted by Gasteiger charge is 2.51. The monoisotopic (exact) mass is 285 g/mol. The molecule has 1 fully saturated rings. The molecule has 104 valence electrons. The fourth-order valence-electron chi connectivity index (χ4n) is 2.62. The number of Topliss-reactive ketones (excluding diaryl/α,β-unsaturated/α-hetero) is 1. The van der Waals surface area contributed by atoms with E-state index in [0.29, 0.717) is 17.7 Å². The van der Waals surface area contributed by atoms with Crippen molar-refractivity contribution in [1.29, 1.82) is 0 Å². The minimum absolute atomic E-state index is 0.0123. The molecule has 0 aliphatic heterocycles. The number of rotatable bonds is 5. The highest BCUT2D eigenvalue weighted by Crippen LogP contribution is 2.48. The molecule has 1 saturated carbocycles. The van der Waals surface area contributed by atoms with E-state index in [1.54, 1.807) is 0 Å². The van der Waals surface area contributed by atoms with Crippen molar-refractivity contribution in [2.75, 3.05) is 12.3 Å². The van der Waals surface area contributed by atoms with E-state index in [0.717, 1.165) is 0 Å². The topological polar surface area (TPSA) is 101 Å². The number of fused-ring (bicyclic) bond motifs is 1. The Labute approximate surface area is 112 Å². The minimum Gasteiger partial charge on any atom is -0.478 e. The van der Waals surface area contributed by atoms with Crippen LogP contribution >= 0.6 is 0 Å². The zero-order chi connectivity index (χ0) is 14.2. The zero-order valence-electron chi connectivity index (χ0n) is 10.5. The molecule has 2 N–H and O–H groups in total. The van der Waals surface area contributed by atoms with Gasteiger partial charge in [-0.3, -0.25) is 13.8 Å². The second-order valence-corrected chi connectivity index (χ2v) is 6.38. The van der Waals surface area contributed by atoms with Crippen molar-refractivity contribution >= 4 is 28.5 Å². The molecule has 0 aromatic heterocycles. The van der Waals surface area contributed by atoms with Crippen LogP contribution in [-0.2, 0) is 25.2 Å². The highest BCUT2D eigenvalue weighted by atomic mass is 32.2. The fraction of sp³-hybridized carbons (Fsp3) is 0.583. The number of carboxylic acids is 1. The molecule has 0 heterocycles. The van der Waals surface area contributed by atoms with Crippen LogP contribution in [0.25, 0.3) is 0 Å². The lowest BCUT2D eigenvalue weighted by Crippen LogP contribution is -2.36. The molecular formula is C12H15NO5S. The summed E-state index contributed by atoms with van der Waals surface area (Å²) in [5.74, 6) is -1.80. The maximum Gasteiger partial charge on any atom is 0.333 e. The molecule has 0 saturated heterocycles. The first-order valence-corrected chi connectivity index (χ1v) is 7.35. The Balaban J connectivity index is 2.10. The Bertz CT molecular complexity index is 510. The number of carboxylic acid groups (broad SMARTS) is 1. The third kappa shape index (κ3) is 2.60. The number of amides is 1. The molecule has 2 aliphatic rings. The molecule has 0 aromatic rings. The van der Waals surface area contributed by atoms with Crippen molar-refractivity contribution in [1.82, 2.24) is 5.32 Å². The maximum atomic E-state index is 12.1. The number of carbonyl (C=O) groups excluding carboxylic acids is 2. The Hall–Kier alpha value is -1.50. The molecule has 6 nitrogen and oxygen atoms in total. The van der Waals surface area contributed by atoms with Crippen LogP contribution in [0.5, 0.6) is 0 Å². The van der Waals surface area contributed by atoms with Crippen LogP contribution in [0.1, 0.15) is 19.8 Å². The molecule has 0 bridgehead atoms. The van der Waals surface area contributed by atoms with Gasteiger partial charge in [-0.15, -0.1) is 0 Å². The van der Waals surface area contributed by atoms with Gasteiger partial charge in [-0.1, -0.05) is 0 Å². The normalized spacial score (nSPS) is 26.7. The van der Waals surface area contributed by atoms with Gasteiger partial charge < -0.3 is 10.4 Å². The molecule has 0 radical (unpaired) electrons. The lowest BCUT2D eigenvalue weighted by Gasteiger charge is -2.29. The van der Waals surface area contributed by atoms with Crippen molar-refractivity contribution in [3.05, 3.63) is 10.5 Å². The summed E-state index contributed by atoms with van der Waals surface area (Å²) < 4.78 is 12.1. The van der Waals surface area contributed by atoms with Crippen LogP contribution in [0, 0.1) is 11.8 Å². The van der Waals surface area contributed by atoms with Crippen molar-refractivity contribution in [3.8, 4) is 0 Å². The number of nitrogens with one attached hydrogen (secondary N) is 1. The summed E-state index contributed by atoms with van der Waals surface area (Å²) in [5.41, 5.74) is 0.0300. The van der Waals surface area contributed by atoms with E-state index in [4.69, 9.17) is 0 Å². The number of aliphatic carboxylic acids is 1. The molecule has 0 aromatic carbocycles. The van der Waals surface area contributed by atoms with Gasteiger partial charge in [0.05, 0.1) is 22.3 Å². The van der Waals surface area contributed by atoms with E-state index in [1.165, 1.54) is 6.92 Å². The molecule has 19 heavy (non-hydrogen) atoms. The van der Waals surface area contributed by atoms with Crippen LogP contribution < -0.4 is 5.32 Å². The molecule has 0 spiro atoms. The molecule has 2 rings (SSSR count). The van der Waals surface area contributed by atoms with Gasteiger partial charge in [-0.05, 0) is 12.3 Å². The summed E-state index contributed by atoms with van der Waals surface area (Å²) in [6.45, 7) is 1.60. The Morgan fingerprint density at radius 1 is 1.42 bits per heavy atom. The molecule has 7 heteroatoms. The second kappa shape index (κ2) is 5.24. The SMILES string of the molecule is CC(=O)NCCS(=O)C1=C(C(=O)O)C2C(=O)CC2C1. The van der Waals surface area contributed by atoms with Gasteiger partial charge in [0.2, 0.25) is 5.91 Å². The van der Waals surface area contributed by atoms with Gasteiger partial charge in [-0.2, -0.15) is 0 Å². The molecule has 2 aliphatic carbocycles. The van der Waals surface area contributed by atoms with Gasteiger partial charge in [0, 0.05) is 30.5 Å². The third-order valence-corrected chi connectivity index (χ3v) is 5.02. The Morgan fingerprint density at radius 2 is 2.11 bits per heavy atom. The standard InChI is InChI=1S/C12H15NO5S/c1-6(14)13-2-3-19(18)9-5-7-4-8(15)10(7)11(9)12(16)17/h7,10H,2-5H2,1H3,(H,13,14)(H,16,17). The summed E-state index contributed by atoms with van der Waals surface area (Å²) in [6.07, 6.45) is 0.804. The van der Waals surface area contributed by atoms with E-state index in [-0.39, 0.29) is 35.5 Å². The van der Waals surface area contributed by atoms with E-state index in [1.807, 2.05) is 0 Å². The predicted molar refractivity (Wildman–Crippen MR) is 67.6 cm³/mol. The van der Waals surface area contributed by atoms with Crippen LogP contribution in [-0.4, -0.2) is 39.3 Å². The van der Waals surface area contributed by atoms with E-state index < -0.39 is 22.7 Å². The average Bonchev–Trinajstić information content (AvgIpc) is 2.61. The largest absolute Gasteiger partial charge is 0.478 e. The molecule has 3 atom stereocenters. The summed E-state index contributed by atoms with van der Waals surface area (Å²) in [6, 6.07) is 0. The van der Waals surface area contributed by atoms with Crippen LogP contribution in [0.4, 0.5) is 0 Å². The van der Waals surface area contributed by atoms with Gasteiger partial charge in [-0.25, -0.2) is 4.79 Å². The van der Waals surface area contributed by atoms with Gasteiger partial charge in [0.1, 0.15) is 5.78 Å². The van der Waals surface area contributed by atoms with Crippen LogP contribution in [0.3, 0.4) is 0 Å². The summed E-state index contributed by atoms with van der Waals surface area (Å²) in [4.78, 5) is 33.8. The Kier molecular flexibility index (Phi) is 3.84. The number of carbonyl (C=O) groups is 3. The second-order valence-electron chi connectivity index (χ2n) is 4.79. The van der Waals surface area contributed by atoms with Gasteiger partial charge in [0.25, 0.3) is 0 Å². The molecule has 3 unspecified atom stereocenters. The van der Waals surface area contributed by atoms with Crippen molar-refractivity contribution < 1.29 is 23.7 Å². The number of hydrogen-bond acceptors (Lipinski definition) is 4. The summed E-state index contributed by atoms with van der Waals surface area (Å²) in [5, 5.41) is 11.7. The minimum atomic E-state index is -1.45. The van der Waals surface area contributed by atoms with Crippen molar-refractivity contribution in [2.45, 2.75) is 19.8 Å². The maximum absolute atomic E-state index is 12.1. The lowest BCUT2D eigenvalue weighted by atomic mass is 9.72.